The number of aliphatic imine (C=N–C) groups is 1. The third-order valence-electron chi connectivity index (χ3n) is 4.05. The van der Waals surface area contributed by atoms with Crippen molar-refractivity contribution in [3.8, 4) is 0 Å². The van der Waals surface area contributed by atoms with Gasteiger partial charge in [-0.3, -0.25) is 15.8 Å². The van der Waals surface area contributed by atoms with Gasteiger partial charge >= 0.3 is 24.3 Å². The van der Waals surface area contributed by atoms with Gasteiger partial charge in [0.25, 0.3) is 0 Å². The summed E-state index contributed by atoms with van der Waals surface area (Å²) in [5.74, 6) is 0.650. The number of benzene rings is 1. The Kier molecular flexibility index (Phi) is 14.5. The maximum Gasteiger partial charge on any atom is 2.00 e. The average molecular weight is 559 g/mol. The Hall–Kier alpha value is -2.96. The molecular formula is C21H26BCuF4N7S. The number of hydrogen-bond acceptors (Lipinski definition) is 7. The number of anilines is 2. The number of hydrogen-bond donors (Lipinski definition) is 2. The van der Waals surface area contributed by atoms with E-state index in [-0.39, 0.29) is 17.1 Å². The average Bonchev–Trinajstić information content (AvgIpc) is 2.79. The molecule has 2 aromatic rings. The van der Waals surface area contributed by atoms with Crippen molar-refractivity contribution in [1.82, 2.24) is 10.4 Å². The minimum atomic E-state index is -6.00. The molecular weight excluding hydrogens is 533 g/mol. The van der Waals surface area contributed by atoms with Gasteiger partial charge in [-0.2, -0.15) is 10.2 Å². The maximum absolute atomic E-state index is 9.75. The zero-order chi connectivity index (χ0) is 25.7. The van der Waals surface area contributed by atoms with Gasteiger partial charge in [0.15, 0.2) is 0 Å². The summed E-state index contributed by atoms with van der Waals surface area (Å²) < 4.78 is 39.0. The largest absolute Gasteiger partial charge is 2.00 e. The molecule has 1 aromatic heterocycles. The summed E-state index contributed by atoms with van der Waals surface area (Å²) in [5.41, 5.74) is 10.3. The molecule has 0 aliphatic rings. The number of hydrazone groups is 2. The number of nitrogens with one attached hydrogen (secondary N) is 2. The van der Waals surface area contributed by atoms with E-state index in [4.69, 9.17) is 12.6 Å². The van der Waals surface area contributed by atoms with Crippen LogP contribution in [-0.2, 0) is 29.7 Å². The van der Waals surface area contributed by atoms with Crippen LogP contribution >= 0.6 is 0 Å². The molecule has 35 heavy (non-hydrogen) atoms. The molecule has 7 nitrogen and oxygen atoms in total. The number of rotatable bonds is 7. The second-order valence-corrected chi connectivity index (χ2v) is 7.32. The molecule has 0 bridgehead atoms. The normalized spacial score (nSPS) is 12.4. The first-order valence-electron chi connectivity index (χ1n) is 9.92. The van der Waals surface area contributed by atoms with Crippen molar-refractivity contribution in [2.45, 2.75) is 13.8 Å². The number of amidine groups is 1. The van der Waals surface area contributed by atoms with Gasteiger partial charge in [0.1, 0.15) is 5.82 Å². The summed E-state index contributed by atoms with van der Waals surface area (Å²) in [6.45, 7) is 3.68. The van der Waals surface area contributed by atoms with Crippen LogP contribution in [0.15, 0.2) is 57.8 Å². The van der Waals surface area contributed by atoms with Crippen molar-refractivity contribution in [1.29, 1.82) is 0 Å². The van der Waals surface area contributed by atoms with Gasteiger partial charge in [0.05, 0.1) is 11.4 Å². The Morgan fingerprint density at radius 1 is 0.943 bits per heavy atom. The van der Waals surface area contributed by atoms with Crippen LogP contribution in [0.2, 0.25) is 0 Å². The fourth-order valence-electron chi connectivity index (χ4n) is 2.13. The second kappa shape index (κ2) is 15.9. The summed E-state index contributed by atoms with van der Waals surface area (Å²) >= 11 is 4.92. The van der Waals surface area contributed by atoms with Gasteiger partial charge in [0, 0.05) is 33.0 Å². The zero-order valence-electron chi connectivity index (χ0n) is 19.7. The molecule has 1 aromatic carbocycles. The third kappa shape index (κ3) is 14.8. The Balaban J connectivity index is 0.00000175. The first kappa shape index (κ1) is 32.0. The Morgan fingerprint density at radius 2 is 1.46 bits per heavy atom. The van der Waals surface area contributed by atoms with E-state index in [1.807, 2.05) is 46.2 Å². The molecule has 193 valence electrons. The van der Waals surface area contributed by atoms with Gasteiger partial charge in [-0.1, -0.05) is 24.3 Å². The van der Waals surface area contributed by atoms with Crippen molar-refractivity contribution >= 4 is 60.1 Å². The van der Waals surface area contributed by atoms with Crippen LogP contribution in [0.1, 0.15) is 25.0 Å². The van der Waals surface area contributed by atoms with Crippen molar-refractivity contribution in [2.75, 3.05) is 31.5 Å². The minimum Gasteiger partial charge on any atom is -0.741 e. The van der Waals surface area contributed by atoms with E-state index in [1.54, 1.807) is 13.2 Å². The molecule has 0 amide bonds. The van der Waals surface area contributed by atoms with Crippen LogP contribution in [0.25, 0.3) is 12.2 Å². The van der Waals surface area contributed by atoms with E-state index < -0.39 is 7.25 Å². The van der Waals surface area contributed by atoms with Crippen molar-refractivity contribution in [3.05, 3.63) is 53.7 Å². The van der Waals surface area contributed by atoms with E-state index in [0.717, 1.165) is 11.1 Å². The van der Waals surface area contributed by atoms with Crippen molar-refractivity contribution in [3.63, 3.8) is 0 Å². The smallest absolute Gasteiger partial charge is 0.741 e. The summed E-state index contributed by atoms with van der Waals surface area (Å²) in [7, 11) is -0.338. The van der Waals surface area contributed by atoms with Crippen LogP contribution in [0.3, 0.4) is 0 Å². The molecule has 1 radical (unpaired) electrons. The first-order valence-corrected chi connectivity index (χ1v) is 10.3. The first-order chi connectivity index (χ1) is 15.9. The summed E-state index contributed by atoms with van der Waals surface area (Å²) in [6.07, 6.45) is 5.88. The van der Waals surface area contributed by atoms with E-state index in [0.29, 0.717) is 22.4 Å². The van der Waals surface area contributed by atoms with Crippen LogP contribution in [-0.4, -0.2) is 50.0 Å². The second-order valence-electron chi connectivity index (χ2n) is 6.94. The van der Waals surface area contributed by atoms with Gasteiger partial charge in [0.2, 0.25) is 0 Å². The van der Waals surface area contributed by atoms with E-state index >= 15 is 0 Å². The molecule has 0 atom stereocenters. The fraction of sp³-hybridized carbons (Fsp3) is 0.238. The molecule has 0 aliphatic carbocycles. The van der Waals surface area contributed by atoms with E-state index in [9.17, 15) is 17.3 Å². The van der Waals surface area contributed by atoms with Crippen LogP contribution in [0.5, 0.6) is 0 Å². The van der Waals surface area contributed by atoms with E-state index in [1.165, 1.54) is 5.69 Å². The number of halogens is 4. The predicted octanol–water partition coefficient (Wildman–Crippen LogP) is 4.90. The number of nitrogens with zero attached hydrogens (tertiary/aromatic N) is 5. The quantitative estimate of drug-likeness (QED) is 0.126. The Bertz CT molecular complexity index is 1020. The molecule has 0 spiro atoms. The molecule has 2 N–H and O–H groups in total. The summed E-state index contributed by atoms with van der Waals surface area (Å²) in [4.78, 5) is 10.3. The fourth-order valence-corrected chi connectivity index (χ4v) is 2.18. The van der Waals surface area contributed by atoms with Gasteiger partial charge in [-0.05, 0) is 54.4 Å². The van der Waals surface area contributed by atoms with Gasteiger partial charge in [-0.15, -0.1) is 0 Å². The van der Waals surface area contributed by atoms with Crippen LogP contribution in [0, 0.1) is 0 Å². The SMILES string of the molecule is CN=C([S-])N/N=C(C)/C(C)=N/Nc1ccc(/C=C/c2ccc(N(C)C)cc2)cn1.F[B-](F)(F)F.[64Cu+2]. The van der Waals surface area contributed by atoms with Gasteiger partial charge in [-0.25, -0.2) is 4.98 Å². The molecule has 0 fully saturated rings. The maximum atomic E-state index is 9.75. The minimum absolute atomic E-state index is 0. The molecule has 0 unspecified atom stereocenters. The van der Waals surface area contributed by atoms with Crippen molar-refractivity contribution < 1.29 is 34.3 Å². The Labute approximate surface area is 218 Å². The number of pyridine rings is 1. The predicted molar refractivity (Wildman–Crippen MR) is 138 cm³/mol. The third-order valence-corrected chi connectivity index (χ3v) is 4.32. The van der Waals surface area contributed by atoms with Gasteiger partial charge < -0.3 is 34.8 Å². The molecule has 0 aliphatic heterocycles. The van der Waals surface area contributed by atoms with Crippen LogP contribution < -0.4 is 15.8 Å². The standard InChI is InChI=1S/C21H27N7S.BF4.Cu/c1-15(16(2)25-27-21(29)22-3)24-26-20-13-10-18(14-23-20)7-6-17-8-11-19(12-9-17)28(4)5;2-1(3,4)5;/h6-14H,1-5H3,(H,23,26)(H2,22,27,29);;/q;-1;+2/p-1/b7-6+,24-15+,25-16+;;/i;;1+0. The zero-order valence-corrected chi connectivity index (χ0v) is 21.5. The Morgan fingerprint density at radius 3 is 1.94 bits per heavy atom. The molecule has 0 saturated carbocycles. The molecule has 1 heterocycles. The summed E-state index contributed by atoms with van der Waals surface area (Å²) in [6, 6.07) is 12.2. The van der Waals surface area contributed by atoms with E-state index in [2.05, 4.69) is 66.3 Å². The molecule has 0 saturated heterocycles. The molecule has 2 rings (SSSR count). The monoisotopic (exact) mass is 559 g/mol. The van der Waals surface area contributed by atoms with Crippen molar-refractivity contribution in [2.24, 2.45) is 15.2 Å². The van der Waals surface area contributed by atoms with Crippen LogP contribution in [0.4, 0.5) is 28.8 Å². The molecule has 14 heteroatoms. The number of aromatic nitrogens is 1. The summed E-state index contributed by atoms with van der Waals surface area (Å²) in [5, 5.41) is 8.72. The topological polar surface area (TPSA) is 77.3 Å².